The molecule has 1 aliphatic heterocycles. The summed E-state index contributed by atoms with van der Waals surface area (Å²) in [5.74, 6) is -0.126. The van der Waals surface area contributed by atoms with Gasteiger partial charge in [-0.05, 0) is 56.5 Å². The third-order valence-corrected chi connectivity index (χ3v) is 5.13. The van der Waals surface area contributed by atoms with Gasteiger partial charge in [0.2, 0.25) is 15.9 Å². The SMILES string of the molecule is Cl.NC(=O)c1cccc(S(=O)(=O)NCCC2CCCNC2)c1. The smallest absolute Gasteiger partial charge is 0.248 e. The Kier molecular flexibility index (Phi) is 7.28. The minimum Gasteiger partial charge on any atom is -0.366 e. The molecule has 0 aliphatic carbocycles. The fourth-order valence-corrected chi connectivity index (χ4v) is 3.56. The molecule has 2 rings (SSSR count). The largest absolute Gasteiger partial charge is 0.366 e. The first-order chi connectivity index (χ1) is 9.99. The van der Waals surface area contributed by atoms with Crippen LogP contribution in [0.1, 0.15) is 29.6 Å². The zero-order chi connectivity index (χ0) is 15.3. The first kappa shape index (κ1) is 18.9. The normalized spacial score (nSPS) is 18.5. The summed E-state index contributed by atoms with van der Waals surface area (Å²) in [6.45, 7) is 2.39. The minimum absolute atomic E-state index is 0. The Hall–Kier alpha value is -1.15. The standard InChI is InChI=1S/C14H21N3O3S.ClH/c15-14(18)12-4-1-5-13(9-12)21(19,20)17-8-6-11-3-2-7-16-10-11;/h1,4-5,9,11,16-17H,2-3,6-8,10H2,(H2,15,18);1H. The number of hydrogen-bond acceptors (Lipinski definition) is 4. The Morgan fingerprint density at radius 3 is 2.82 bits per heavy atom. The summed E-state index contributed by atoms with van der Waals surface area (Å²) in [7, 11) is -3.60. The van der Waals surface area contributed by atoms with Gasteiger partial charge < -0.3 is 11.1 Å². The molecular weight excluding hydrogens is 326 g/mol. The topological polar surface area (TPSA) is 101 Å². The molecule has 1 atom stereocenters. The van der Waals surface area contributed by atoms with Crippen LogP contribution >= 0.6 is 12.4 Å². The lowest BCUT2D eigenvalue weighted by atomic mass is 9.96. The minimum atomic E-state index is -3.60. The van der Waals surface area contributed by atoms with E-state index in [4.69, 9.17) is 5.73 Å². The van der Waals surface area contributed by atoms with Gasteiger partial charge in [-0.2, -0.15) is 0 Å². The summed E-state index contributed by atoms with van der Waals surface area (Å²) in [4.78, 5) is 11.2. The Bertz CT molecular complexity index is 601. The number of sulfonamides is 1. The lowest BCUT2D eigenvalue weighted by Crippen LogP contribution is -2.33. The van der Waals surface area contributed by atoms with E-state index < -0.39 is 15.9 Å². The second kappa shape index (κ2) is 8.47. The summed E-state index contributed by atoms with van der Waals surface area (Å²) < 4.78 is 26.9. The highest BCUT2D eigenvalue weighted by molar-refractivity contribution is 7.89. The van der Waals surface area contributed by atoms with E-state index in [-0.39, 0.29) is 22.9 Å². The average Bonchev–Trinajstić information content (AvgIpc) is 2.48. The molecule has 4 N–H and O–H groups in total. The molecule has 1 unspecified atom stereocenters. The van der Waals surface area contributed by atoms with Crippen molar-refractivity contribution in [2.75, 3.05) is 19.6 Å². The highest BCUT2D eigenvalue weighted by atomic mass is 35.5. The molecule has 1 fully saturated rings. The van der Waals surface area contributed by atoms with Crippen molar-refractivity contribution in [1.82, 2.24) is 10.0 Å². The zero-order valence-corrected chi connectivity index (χ0v) is 13.9. The van der Waals surface area contributed by atoms with Crippen LogP contribution in [-0.2, 0) is 10.0 Å². The van der Waals surface area contributed by atoms with E-state index in [0.29, 0.717) is 12.5 Å². The van der Waals surface area contributed by atoms with Gasteiger partial charge in [0.05, 0.1) is 4.90 Å². The predicted molar refractivity (Wildman–Crippen MR) is 87.6 cm³/mol. The number of carbonyl (C=O) groups excluding carboxylic acids is 1. The van der Waals surface area contributed by atoms with Gasteiger partial charge in [-0.25, -0.2) is 13.1 Å². The van der Waals surface area contributed by atoms with Gasteiger partial charge in [0.1, 0.15) is 0 Å². The molecule has 1 aromatic carbocycles. The molecule has 1 aromatic rings. The fourth-order valence-electron chi connectivity index (χ4n) is 2.47. The summed E-state index contributed by atoms with van der Waals surface area (Å²) in [5.41, 5.74) is 5.35. The number of benzene rings is 1. The number of hydrogen-bond donors (Lipinski definition) is 3. The maximum atomic E-state index is 12.2. The third-order valence-electron chi connectivity index (χ3n) is 3.67. The summed E-state index contributed by atoms with van der Waals surface area (Å²) in [6.07, 6.45) is 3.08. The molecule has 0 bridgehead atoms. The van der Waals surface area contributed by atoms with Crippen LogP contribution in [0.5, 0.6) is 0 Å². The van der Waals surface area contributed by atoms with Crippen molar-refractivity contribution < 1.29 is 13.2 Å². The number of nitrogens with one attached hydrogen (secondary N) is 2. The van der Waals surface area contributed by atoms with Gasteiger partial charge in [-0.1, -0.05) is 6.07 Å². The number of nitrogens with two attached hydrogens (primary N) is 1. The monoisotopic (exact) mass is 347 g/mol. The van der Waals surface area contributed by atoms with E-state index in [1.165, 1.54) is 24.3 Å². The highest BCUT2D eigenvalue weighted by Crippen LogP contribution is 2.15. The Morgan fingerprint density at radius 2 is 2.18 bits per heavy atom. The molecule has 8 heteroatoms. The van der Waals surface area contributed by atoms with Crippen molar-refractivity contribution >= 4 is 28.3 Å². The summed E-state index contributed by atoms with van der Waals surface area (Å²) in [5, 5.41) is 3.31. The van der Waals surface area contributed by atoms with Crippen LogP contribution in [0.4, 0.5) is 0 Å². The molecular formula is C14H22ClN3O3S. The molecule has 0 aromatic heterocycles. The van der Waals surface area contributed by atoms with Crippen LogP contribution in [0.15, 0.2) is 29.2 Å². The Balaban J connectivity index is 0.00000242. The van der Waals surface area contributed by atoms with Crippen LogP contribution in [0.3, 0.4) is 0 Å². The van der Waals surface area contributed by atoms with Gasteiger partial charge >= 0.3 is 0 Å². The van der Waals surface area contributed by atoms with Gasteiger partial charge in [0, 0.05) is 12.1 Å². The second-order valence-corrected chi connectivity index (χ2v) is 7.06. The fraction of sp³-hybridized carbons (Fsp3) is 0.500. The number of primary amides is 1. The van der Waals surface area contributed by atoms with E-state index in [2.05, 4.69) is 10.0 Å². The molecule has 6 nitrogen and oxygen atoms in total. The number of carbonyl (C=O) groups is 1. The lowest BCUT2D eigenvalue weighted by Gasteiger charge is -2.22. The molecule has 0 spiro atoms. The average molecular weight is 348 g/mol. The maximum absolute atomic E-state index is 12.2. The van der Waals surface area contributed by atoms with Crippen molar-refractivity contribution in [3.8, 4) is 0 Å². The maximum Gasteiger partial charge on any atom is 0.248 e. The zero-order valence-electron chi connectivity index (χ0n) is 12.2. The molecule has 124 valence electrons. The predicted octanol–water partition coefficient (Wildman–Crippen LogP) is 0.875. The highest BCUT2D eigenvalue weighted by Gasteiger charge is 2.17. The first-order valence-electron chi connectivity index (χ1n) is 7.09. The lowest BCUT2D eigenvalue weighted by molar-refractivity contribution is 0.1000. The number of halogens is 1. The number of amides is 1. The molecule has 1 aliphatic rings. The third kappa shape index (κ3) is 5.24. The van der Waals surface area contributed by atoms with Crippen molar-refractivity contribution in [1.29, 1.82) is 0 Å². The molecule has 0 saturated carbocycles. The van der Waals surface area contributed by atoms with E-state index in [1.807, 2.05) is 0 Å². The molecule has 1 saturated heterocycles. The van der Waals surface area contributed by atoms with Crippen LogP contribution in [0, 0.1) is 5.92 Å². The summed E-state index contributed by atoms with van der Waals surface area (Å²) >= 11 is 0. The van der Waals surface area contributed by atoms with Crippen molar-refractivity contribution in [2.45, 2.75) is 24.2 Å². The van der Waals surface area contributed by atoms with Crippen molar-refractivity contribution in [3.05, 3.63) is 29.8 Å². The van der Waals surface area contributed by atoms with E-state index in [0.717, 1.165) is 32.4 Å². The number of piperidine rings is 1. The van der Waals surface area contributed by atoms with E-state index in [9.17, 15) is 13.2 Å². The van der Waals surface area contributed by atoms with Crippen molar-refractivity contribution in [2.24, 2.45) is 11.7 Å². The Morgan fingerprint density at radius 1 is 1.41 bits per heavy atom. The van der Waals surface area contributed by atoms with E-state index >= 15 is 0 Å². The van der Waals surface area contributed by atoms with Crippen molar-refractivity contribution in [3.63, 3.8) is 0 Å². The molecule has 22 heavy (non-hydrogen) atoms. The van der Waals surface area contributed by atoms with Crippen LogP contribution < -0.4 is 15.8 Å². The Labute approximate surface area is 137 Å². The molecule has 0 radical (unpaired) electrons. The van der Waals surface area contributed by atoms with Gasteiger partial charge in [0.25, 0.3) is 0 Å². The van der Waals surface area contributed by atoms with Gasteiger partial charge in [-0.3, -0.25) is 4.79 Å². The number of rotatable bonds is 6. The van der Waals surface area contributed by atoms with Crippen LogP contribution in [0.2, 0.25) is 0 Å². The molecule has 1 amide bonds. The quantitative estimate of drug-likeness (QED) is 0.710. The van der Waals surface area contributed by atoms with Gasteiger partial charge in [0.15, 0.2) is 0 Å². The van der Waals surface area contributed by atoms with Crippen LogP contribution in [-0.4, -0.2) is 34.0 Å². The van der Waals surface area contributed by atoms with Gasteiger partial charge in [-0.15, -0.1) is 12.4 Å². The second-order valence-electron chi connectivity index (χ2n) is 5.29. The van der Waals surface area contributed by atoms with Crippen LogP contribution in [0.25, 0.3) is 0 Å². The molecule has 1 heterocycles. The first-order valence-corrected chi connectivity index (χ1v) is 8.57. The summed E-state index contributed by atoms with van der Waals surface area (Å²) in [6, 6.07) is 5.76. The van der Waals surface area contributed by atoms with E-state index in [1.54, 1.807) is 0 Å².